The number of unbranched alkanes of at least 4 members (excludes halogenated alkanes) is 1. The van der Waals surface area contributed by atoms with Crippen LogP contribution in [0.15, 0.2) is 47.1 Å². The lowest BCUT2D eigenvalue weighted by atomic mass is 9.92. The third kappa shape index (κ3) is 5.14. The normalized spacial score (nSPS) is 13.2. The van der Waals surface area contributed by atoms with Crippen LogP contribution >= 0.6 is 0 Å². The van der Waals surface area contributed by atoms with Crippen molar-refractivity contribution >= 4 is 11.7 Å². The highest BCUT2D eigenvalue weighted by Crippen LogP contribution is 2.29. The predicted molar refractivity (Wildman–Crippen MR) is 93.3 cm³/mol. The Labute approximate surface area is 151 Å². The number of carbonyl (C=O) groups is 1. The Balaban J connectivity index is 2.18. The first kappa shape index (κ1) is 19.6. The Morgan fingerprint density at radius 3 is 2.58 bits per heavy atom. The average molecular weight is 362 g/mol. The fourth-order valence-corrected chi connectivity index (χ4v) is 2.61. The number of carbonyl (C=O) groups excluding carboxylic acids is 1. The molecule has 2 atom stereocenters. The molecule has 0 aliphatic carbocycles. The summed E-state index contributed by atoms with van der Waals surface area (Å²) in [6.07, 6.45) is 3.84. The quantitative estimate of drug-likeness (QED) is 0.297. The van der Waals surface area contributed by atoms with Gasteiger partial charge < -0.3 is 14.0 Å². The minimum atomic E-state index is -0.545. The van der Waals surface area contributed by atoms with Gasteiger partial charge in [0.25, 0.3) is 5.69 Å². The van der Waals surface area contributed by atoms with Crippen LogP contribution in [0.25, 0.3) is 0 Å². The lowest BCUT2D eigenvalue weighted by Gasteiger charge is -2.24. The number of ether oxygens (including phenoxy) is 1. The summed E-state index contributed by atoms with van der Waals surface area (Å²) >= 11 is 0. The molecule has 0 bridgehead atoms. The molecule has 0 aliphatic rings. The number of esters is 1. The predicted octanol–water partition coefficient (Wildman–Crippen LogP) is 3.79. The molecule has 0 saturated carbocycles. The average Bonchev–Trinajstić information content (AvgIpc) is 3.16. The number of nitrogens with zero attached hydrogens (tertiary/aromatic N) is 1. The zero-order valence-electron chi connectivity index (χ0n) is 14.7. The van der Waals surface area contributed by atoms with Gasteiger partial charge in [0.1, 0.15) is 17.6 Å². The second kappa shape index (κ2) is 9.69. The fraction of sp³-hybridized carbons (Fsp3) is 0.389. The van der Waals surface area contributed by atoms with Gasteiger partial charge in [-0.25, -0.2) is 0 Å². The Morgan fingerprint density at radius 1 is 1.31 bits per heavy atom. The zero-order chi connectivity index (χ0) is 18.9. The molecular formula is C18H22N2O6. The number of rotatable bonds is 10. The molecule has 1 aromatic heterocycles. The molecule has 26 heavy (non-hydrogen) atoms. The molecule has 2 rings (SSSR count). The molecule has 0 fully saturated rings. The van der Waals surface area contributed by atoms with Gasteiger partial charge in [-0.2, -0.15) is 5.48 Å². The molecule has 140 valence electrons. The van der Waals surface area contributed by atoms with Crippen LogP contribution in [0.3, 0.4) is 0 Å². The molecule has 8 heteroatoms. The van der Waals surface area contributed by atoms with E-state index in [-0.39, 0.29) is 11.4 Å². The van der Waals surface area contributed by atoms with E-state index in [9.17, 15) is 14.9 Å². The number of nitro groups is 1. The van der Waals surface area contributed by atoms with Crippen molar-refractivity contribution in [2.75, 3.05) is 7.11 Å². The summed E-state index contributed by atoms with van der Waals surface area (Å²) < 4.78 is 10.9. The molecule has 0 spiro atoms. The van der Waals surface area contributed by atoms with Gasteiger partial charge in [0.15, 0.2) is 0 Å². The molecule has 1 N–H and O–H groups in total. The Morgan fingerprint density at radius 2 is 2.04 bits per heavy atom. The smallest absolute Gasteiger partial charge is 0.316 e. The summed E-state index contributed by atoms with van der Waals surface area (Å²) in [6, 6.07) is 8.37. The Bertz CT molecular complexity index is 699. The van der Waals surface area contributed by atoms with E-state index in [2.05, 4.69) is 5.48 Å². The van der Waals surface area contributed by atoms with Gasteiger partial charge in [0.05, 0.1) is 24.2 Å². The van der Waals surface area contributed by atoms with E-state index >= 15 is 0 Å². The molecule has 1 aromatic carbocycles. The standard InChI is InChI=1S/C18H22N2O6/c1-3-4-6-15(17(19-24-2)16-7-5-12-25-16)18(21)26-14-10-8-13(9-11-14)20(22)23/h5,7-12,15,17,19H,3-4,6H2,1-2H3/t15-,17-/m0/s1. The second-order valence-corrected chi connectivity index (χ2v) is 5.74. The van der Waals surface area contributed by atoms with Gasteiger partial charge in [0, 0.05) is 12.1 Å². The number of nitro benzene ring substituents is 1. The SMILES string of the molecule is CCCC[C@H](C(=O)Oc1ccc([N+](=O)[O-])cc1)[C@H](NOC)c1ccco1. The molecule has 0 aliphatic heterocycles. The minimum Gasteiger partial charge on any atom is -0.468 e. The third-order valence-corrected chi connectivity index (χ3v) is 3.93. The summed E-state index contributed by atoms with van der Waals surface area (Å²) in [5.41, 5.74) is 2.73. The van der Waals surface area contributed by atoms with Crippen LogP contribution in [0, 0.1) is 16.0 Å². The van der Waals surface area contributed by atoms with Crippen molar-refractivity contribution in [1.29, 1.82) is 0 Å². The van der Waals surface area contributed by atoms with E-state index in [1.807, 2.05) is 6.92 Å². The number of nitrogens with one attached hydrogen (secondary N) is 1. The second-order valence-electron chi connectivity index (χ2n) is 5.74. The summed E-state index contributed by atoms with van der Waals surface area (Å²) in [6.45, 7) is 2.03. The highest BCUT2D eigenvalue weighted by molar-refractivity contribution is 5.76. The lowest BCUT2D eigenvalue weighted by Crippen LogP contribution is -2.34. The van der Waals surface area contributed by atoms with E-state index in [0.717, 1.165) is 12.8 Å². The summed E-state index contributed by atoms with van der Waals surface area (Å²) in [7, 11) is 1.47. The topological polar surface area (TPSA) is 104 Å². The minimum absolute atomic E-state index is 0.0677. The van der Waals surface area contributed by atoms with Crippen molar-refractivity contribution in [1.82, 2.24) is 5.48 Å². The maximum atomic E-state index is 12.8. The van der Waals surface area contributed by atoms with E-state index in [4.69, 9.17) is 14.0 Å². The van der Waals surface area contributed by atoms with E-state index in [1.54, 1.807) is 12.1 Å². The largest absolute Gasteiger partial charge is 0.468 e. The van der Waals surface area contributed by atoms with Crippen molar-refractivity contribution in [2.45, 2.75) is 32.2 Å². The van der Waals surface area contributed by atoms with Crippen molar-refractivity contribution < 1.29 is 23.7 Å². The van der Waals surface area contributed by atoms with Gasteiger partial charge >= 0.3 is 5.97 Å². The van der Waals surface area contributed by atoms with Crippen LogP contribution in [0.1, 0.15) is 38.0 Å². The highest BCUT2D eigenvalue weighted by atomic mass is 16.6. The highest BCUT2D eigenvalue weighted by Gasteiger charge is 2.33. The molecular weight excluding hydrogens is 340 g/mol. The molecule has 8 nitrogen and oxygen atoms in total. The first-order valence-corrected chi connectivity index (χ1v) is 8.34. The first-order chi connectivity index (χ1) is 12.6. The van der Waals surface area contributed by atoms with Gasteiger partial charge in [0.2, 0.25) is 0 Å². The maximum absolute atomic E-state index is 12.8. The van der Waals surface area contributed by atoms with Crippen molar-refractivity contribution in [3.8, 4) is 5.75 Å². The molecule has 2 aromatic rings. The van der Waals surface area contributed by atoms with E-state index in [0.29, 0.717) is 12.2 Å². The lowest BCUT2D eigenvalue weighted by molar-refractivity contribution is -0.384. The number of hydrogen-bond acceptors (Lipinski definition) is 7. The summed E-state index contributed by atoms with van der Waals surface area (Å²) in [5, 5.41) is 10.7. The van der Waals surface area contributed by atoms with Crippen LogP contribution in [-0.2, 0) is 9.63 Å². The first-order valence-electron chi connectivity index (χ1n) is 8.34. The van der Waals surface area contributed by atoms with Gasteiger partial charge in [-0.3, -0.25) is 14.9 Å². The van der Waals surface area contributed by atoms with Crippen molar-refractivity contribution in [3.63, 3.8) is 0 Å². The van der Waals surface area contributed by atoms with Gasteiger partial charge in [-0.05, 0) is 30.7 Å². The monoisotopic (exact) mass is 362 g/mol. The van der Waals surface area contributed by atoms with Crippen molar-refractivity contribution in [2.24, 2.45) is 5.92 Å². The van der Waals surface area contributed by atoms with Crippen LogP contribution in [0.4, 0.5) is 5.69 Å². The molecule has 0 unspecified atom stereocenters. The number of non-ortho nitro benzene ring substituents is 1. The van der Waals surface area contributed by atoms with Gasteiger partial charge in [-0.1, -0.05) is 19.8 Å². The van der Waals surface area contributed by atoms with Crippen LogP contribution in [-0.4, -0.2) is 18.0 Å². The number of benzene rings is 1. The number of hydrogen-bond donors (Lipinski definition) is 1. The number of furan rings is 1. The third-order valence-electron chi connectivity index (χ3n) is 3.93. The molecule has 0 radical (unpaired) electrons. The van der Waals surface area contributed by atoms with E-state index in [1.165, 1.54) is 37.6 Å². The van der Waals surface area contributed by atoms with E-state index < -0.39 is 22.9 Å². The maximum Gasteiger partial charge on any atom is 0.316 e. The van der Waals surface area contributed by atoms with Crippen molar-refractivity contribution in [3.05, 3.63) is 58.5 Å². The molecule has 0 amide bonds. The van der Waals surface area contributed by atoms with Gasteiger partial charge in [-0.15, -0.1) is 0 Å². The fourth-order valence-electron chi connectivity index (χ4n) is 2.61. The molecule has 1 heterocycles. The summed E-state index contributed by atoms with van der Waals surface area (Å²) in [4.78, 5) is 28.0. The Kier molecular flexibility index (Phi) is 7.31. The molecule has 0 saturated heterocycles. The summed E-state index contributed by atoms with van der Waals surface area (Å²) in [5.74, 6) is -0.194. The van der Waals surface area contributed by atoms with Crippen LogP contribution in [0.2, 0.25) is 0 Å². The number of hydroxylamine groups is 1. The van der Waals surface area contributed by atoms with Crippen LogP contribution < -0.4 is 10.2 Å². The zero-order valence-corrected chi connectivity index (χ0v) is 14.7. The van der Waals surface area contributed by atoms with Crippen LogP contribution in [0.5, 0.6) is 5.75 Å². The Hall–Kier alpha value is -2.71.